The number of para-hydroxylation sites is 1. The molecule has 3 heteroatoms. The third kappa shape index (κ3) is 3.46. The Bertz CT molecular complexity index is 341. The molecule has 15 heavy (non-hydrogen) atoms. The van der Waals surface area contributed by atoms with Crippen LogP contribution in [0.5, 0.6) is 5.75 Å². The number of hydrogen-bond donors (Lipinski definition) is 0. The lowest BCUT2D eigenvalue weighted by Crippen LogP contribution is -2.12. The lowest BCUT2D eigenvalue weighted by Gasteiger charge is -2.08. The molecule has 0 heterocycles. The van der Waals surface area contributed by atoms with E-state index in [0.717, 1.165) is 0 Å². The van der Waals surface area contributed by atoms with Crippen molar-refractivity contribution in [3.63, 3.8) is 0 Å². The van der Waals surface area contributed by atoms with E-state index in [2.05, 4.69) is 0 Å². The minimum absolute atomic E-state index is 0.211. The highest BCUT2D eigenvalue weighted by atomic mass is 16.6. The zero-order valence-electron chi connectivity index (χ0n) is 8.90. The standard InChI is InChI=1S/C12H14O3/c1-3-11(12(13)14-4-2)15-10-8-6-5-7-9-10/h3,5-9H,4H2,1-2H3/b11-3+. The molecular formula is C12H14O3. The number of carbonyl (C=O) groups is 1. The van der Waals surface area contributed by atoms with Crippen LogP contribution in [0.25, 0.3) is 0 Å². The Morgan fingerprint density at radius 1 is 1.33 bits per heavy atom. The van der Waals surface area contributed by atoms with E-state index in [9.17, 15) is 4.79 Å². The van der Waals surface area contributed by atoms with Gasteiger partial charge in [-0.25, -0.2) is 4.79 Å². The van der Waals surface area contributed by atoms with Gasteiger partial charge in [0.1, 0.15) is 5.75 Å². The molecule has 0 unspecified atom stereocenters. The molecule has 3 nitrogen and oxygen atoms in total. The Morgan fingerprint density at radius 2 is 2.00 bits per heavy atom. The molecule has 0 N–H and O–H groups in total. The summed E-state index contributed by atoms with van der Waals surface area (Å²) in [6.45, 7) is 3.83. The number of esters is 1. The first kappa shape index (κ1) is 11.3. The zero-order valence-corrected chi connectivity index (χ0v) is 8.90. The lowest BCUT2D eigenvalue weighted by molar-refractivity contribution is -0.141. The van der Waals surface area contributed by atoms with Crippen LogP contribution in [-0.4, -0.2) is 12.6 Å². The van der Waals surface area contributed by atoms with E-state index < -0.39 is 5.97 Å². The third-order valence-corrected chi connectivity index (χ3v) is 1.71. The van der Waals surface area contributed by atoms with Crippen molar-refractivity contribution in [3.05, 3.63) is 42.2 Å². The fraction of sp³-hybridized carbons (Fsp3) is 0.250. The highest BCUT2D eigenvalue weighted by Gasteiger charge is 2.11. The molecule has 0 atom stereocenters. The summed E-state index contributed by atoms with van der Waals surface area (Å²) in [6, 6.07) is 9.12. The highest BCUT2D eigenvalue weighted by Crippen LogP contribution is 2.13. The van der Waals surface area contributed by atoms with Crippen molar-refractivity contribution in [1.29, 1.82) is 0 Å². The molecule has 1 rings (SSSR count). The molecule has 0 aliphatic rings. The van der Waals surface area contributed by atoms with Crippen LogP contribution in [0.15, 0.2) is 42.2 Å². The third-order valence-electron chi connectivity index (χ3n) is 1.71. The molecule has 0 saturated heterocycles. The van der Waals surface area contributed by atoms with E-state index in [0.29, 0.717) is 12.4 Å². The second-order valence-corrected chi connectivity index (χ2v) is 2.79. The summed E-state index contributed by atoms with van der Waals surface area (Å²) in [5.74, 6) is 0.394. The molecule has 0 aromatic heterocycles. The van der Waals surface area contributed by atoms with Gasteiger partial charge < -0.3 is 9.47 Å². The first-order valence-electron chi connectivity index (χ1n) is 4.84. The van der Waals surface area contributed by atoms with Crippen molar-refractivity contribution in [2.45, 2.75) is 13.8 Å². The summed E-state index contributed by atoms with van der Waals surface area (Å²) >= 11 is 0. The van der Waals surface area contributed by atoms with Crippen molar-refractivity contribution in [3.8, 4) is 5.75 Å². The predicted molar refractivity (Wildman–Crippen MR) is 57.5 cm³/mol. The van der Waals surface area contributed by atoms with Crippen LogP contribution in [0, 0.1) is 0 Å². The van der Waals surface area contributed by atoms with E-state index in [1.54, 1.807) is 32.1 Å². The van der Waals surface area contributed by atoms with Gasteiger partial charge in [0, 0.05) is 0 Å². The lowest BCUT2D eigenvalue weighted by atomic mass is 10.3. The van der Waals surface area contributed by atoms with E-state index in [4.69, 9.17) is 9.47 Å². The Hall–Kier alpha value is -1.77. The first-order valence-corrected chi connectivity index (χ1v) is 4.84. The fourth-order valence-electron chi connectivity index (χ4n) is 1.04. The second-order valence-electron chi connectivity index (χ2n) is 2.79. The van der Waals surface area contributed by atoms with Gasteiger partial charge in [-0.3, -0.25) is 0 Å². The summed E-state index contributed by atoms with van der Waals surface area (Å²) in [5.41, 5.74) is 0. The van der Waals surface area contributed by atoms with Gasteiger partial charge in [0.15, 0.2) is 0 Å². The van der Waals surface area contributed by atoms with Gasteiger partial charge in [0.2, 0.25) is 5.76 Å². The maximum absolute atomic E-state index is 11.4. The molecule has 0 bridgehead atoms. The van der Waals surface area contributed by atoms with Gasteiger partial charge in [-0.05, 0) is 32.1 Å². The molecule has 0 spiro atoms. The van der Waals surface area contributed by atoms with Crippen LogP contribution in [0.3, 0.4) is 0 Å². The van der Waals surface area contributed by atoms with Crippen LogP contribution >= 0.6 is 0 Å². The Labute approximate surface area is 89.3 Å². The molecule has 0 fully saturated rings. The Morgan fingerprint density at radius 3 is 2.53 bits per heavy atom. The van der Waals surface area contributed by atoms with Crippen molar-refractivity contribution in [2.24, 2.45) is 0 Å². The van der Waals surface area contributed by atoms with Crippen LogP contribution in [0.2, 0.25) is 0 Å². The molecule has 0 amide bonds. The Balaban J connectivity index is 2.67. The maximum atomic E-state index is 11.4. The summed E-state index contributed by atoms with van der Waals surface area (Å²) in [4.78, 5) is 11.4. The molecule has 1 aromatic rings. The van der Waals surface area contributed by atoms with Crippen LogP contribution in [0.4, 0.5) is 0 Å². The van der Waals surface area contributed by atoms with E-state index in [1.165, 1.54) is 0 Å². The average molecular weight is 206 g/mol. The van der Waals surface area contributed by atoms with E-state index in [1.807, 2.05) is 18.2 Å². The fourth-order valence-corrected chi connectivity index (χ4v) is 1.04. The maximum Gasteiger partial charge on any atom is 0.373 e. The van der Waals surface area contributed by atoms with Crippen LogP contribution < -0.4 is 4.74 Å². The Kier molecular flexibility index (Phi) is 4.41. The molecule has 0 saturated carbocycles. The molecule has 0 aliphatic carbocycles. The minimum atomic E-state index is -0.441. The average Bonchev–Trinajstić information content (AvgIpc) is 2.27. The summed E-state index contributed by atoms with van der Waals surface area (Å²) in [5, 5.41) is 0. The summed E-state index contributed by atoms with van der Waals surface area (Å²) in [7, 11) is 0. The topological polar surface area (TPSA) is 35.5 Å². The summed E-state index contributed by atoms with van der Waals surface area (Å²) in [6.07, 6.45) is 1.59. The number of rotatable bonds is 4. The predicted octanol–water partition coefficient (Wildman–Crippen LogP) is 2.53. The van der Waals surface area contributed by atoms with Crippen molar-refractivity contribution in [2.75, 3.05) is 6.61 Å². The number of benzene rings is 1. The zero-order chi connectivity index (χ0) is 11.1. The molecular weight excluding hydrogens is 192 g/mol. The van der Waals surface area contributed by atoms with Gasteiger partial charge in [-0.2, -0.15) is 0 Å². The number of hydrogen-bond acceptors (Lipinski definition) is 3. The van der Waals surface area contributed by atoms with E-state index in [-0.39, 0.29) is 5.76 Å². The van der Waals surface area contributed by atoms with Crippen molar-refractivity contribution < 1.29 is 14.3 Å². The number of ether oxygens (including phenoxy) is 2. The van der Waals surface area contributed by atoms with Crippen molar-refractivity contribution in [1.82, 2.24) is 0 Å². The molecule has 0 radical (unpaired) electrons. The van der Waals surface area contributed by atoms with Gasteiger partial charge >= 0.3 is 5.97 Å². The first-order chi connectivity index (χ1) is 7.27. The largest absolute Gasteiger partial charge is 0.460 e. The van der Waals surface area contributed by atoms with E-state index >= 15 is 0 Å². The highest BCUT2D eigenvalue weighted by molar-refractivity contribution is 5.86. The number of allylic oxidation sites excluding steroid dienone is 1. The van der Waals surface area contributed by atoms with Crippen LogP contribution in [0.1, 0.15) is 13.8 Å². The quantitative estimate of drug-likeness (QED) is 0.431. The van der Waals surface area contributed by atoms with Gasteiger partial charge in [-0.1, -0.05) is 18.2 Å². The molecule has 1 aromatic carbocycles. The summed E-state index contributed by atoms with van der Waals surface area (Å²) < 4.78 is 10.2. The minimum Gasteiger partial charge on any atom is -0.460 e. The van der Waals surface area contributed by atoms with Gasteiger partial charge in [-0.15, -0.1) is 0 Å². The smallest absolute Gasteiger partial charge is 0.373 e. The van der Waals surface area contributed by atoms with Gasteiger partial charge in [0.25, 0.3) is 0 Å². The number of carbonyl (C=O) groups excluding carboxylic acids is 1. The second kappa shape index (κ2) is 5.86. The normalized spacial score (nSPS) is 10.9. The molecule has 80 valence electrons. The van der Waals surface area contributed by atoms with Crippen LogP contribution in [-0.2, 0) is 9.53 Å². The SMILES string of the molecule is C/C=C(/Oc1ccccc1)C(=O)OCC. The molecule has 0 aliphatic heterocycles. The monoisotopic (exact) mass is 206 g/mol. The van der Waals surface area contributed by atoms with Crippen molar-refractivity contribution >= 4 is 5.97 Å². The van der Waals surface area contributed by atoms with Gasteiger partial charge in [0.05, 0.1) is 6.61 Å².